The lowest BCUT2D eigenvalue weighted by Crippen LogP contribution is -2.18. The molecule has 20 aromatic carbocycles. The van der Waals surface area contributed by atoms with Gasteiger partial charge in [0, 0.05) is 33.2 Å². The largest absolute Gasteiger partial charge is 0.508 e. The fourth-order valence-corrected chi connectivity index (χ4v) is 16.1. The van der Waals surface area contributed by atoms with Crippen molar-refractivity contribution in [1.82, 2.24) is 0 Å². The van der Waals surface area contributed by atoms with E-state index in [-0.39, 0.29) is 22.7 Å². The van der Waals surface area contributed by atoms with Gasteiger partial charge in [-0.1, -0.05) is 436 Å². The van der Waals surface area contributed by atoms with Crippen molar-refractivity contribution in [1.29, 1.82) is 15.8 Å². The molecule has 3 aliphatic rings. The van der Waals surface area contributed by atoms with Crippen LogP contribution in [0.15, 0.2) is 526 Å². The number of anilines is 1. The van der Waals surface area contributed by atoms with E-state index < -0.39 is 34.9 Å². The number of hydrogen-bond acceptors (Lipinski definition) is 11. The van der Waals surface area contributed by atoms with E-state index in [1.165, 1.54) is 65.0 Å². The summed E-state index contributed by atoms with van der Waals surface area (Å²) in [6.45, 7) is 0. The molecule has 0 bridgehead atoms. The molecule has 23 rings (SSSR count). The third kappa shape index (κ3) is 25.0. The Morgan fingerprint density at radius 2 is 0.579 bits per heavy atom. The highest BCUT2D eigenvalue weighted by atomic mass is 16.3. The van der Waals surface area contributed by atoms with Crippen LogP contribution in [0.5, 0.6) is 5.75 Å². The number of nitrogens with two attached hydrogens (primary N) is 1. The summed E-state index contributed by atoms with van der Waals surface area (Å²) >= 11 is 0. The number of phenols is 1. The number of aliphatic hydroxyl groups excluding tert-OH is 2. The summed E-state index contributed by atoms with van der Waals surface area (Å²) in [7, 11) is 0. The van der Waals surface area contributed by atoms with Crippen LogP contribution in [0.2, 0.25) is 0 Å². The Hall–Kier alpha value is -19.6. The van der Waals surface area contributed by atoms with E-state index in [4.69, 9.17) is 39.5 Å². The highest BCUT2D eigenvalue weighted by Gasteiger charge is 2.47. The van der Waals surface area contributed by atoms with Gasteiger partial charge in [0.05, 0.1) is 29.0 Å². The average Bonchev–Trinajstić information content (AvgIpc) is 1.62. The molecule has 0 spiro atoms. The standard InChI is InChI=1S/C23H15N.C22H14.C13H7NO4.C13H8O.C13H10O.C12H10.C11H7N.C10H8.C6H7N.C6H6O/c1-2-18(17-24)19-13-15-22(16-14-19)23(20-9-5-3-6-10-20)21-11-7-4-8-12-21;1-2-6-16-10-20-14-22-12-18-8-4-3-7-17(18)11-21(22)13-19(20)9-15(16)5-1;1-2-6(5-14)11-12(17)7-3-9(15)10(16)4-8(7)13(11)18;14-13-11-7-3-1-5-9(11)10-6-2-4-8-12(10)13;14-13(11-7-3-1-4-8-11)12-9-5-2-6-10-12;1-3-7-11(8-4-1)12-9-5-2-6-10-12;12-8-10-6-3-5-9-4-1-2-7-11(9)10;1-2-6-10-8-4-3-7-9(10)5-1;2*7-6-4-2-1-3-5-6/h1,3-16H;1-14H;1,3-4,7-8,15-16H;1-8H;1-10H;1-10H;1-7H;1-8H;1-5H,7H2;1-5,7H. The number of hydrogen-bond donors (Lipinski definition) is 4. The van der Waals surface area contributed by atoms with Gasteiger partial charge in [0.1, 0.15) is 29.0 Å². The number of aromatic hydroxyl groups is 1. The lowest BCUT2D eigenvalue weighted by molar-refractivity contribution is -0.117. The number of nitriles is 3. The summed E-state index contributed by atoms with van der Waals surface area (Å²) in [5.41, 5.74) is 17.9. The van der Waals surface area contributed by atoms with E-state index >= 15 is 0 Å². The van der Waals surface area contributed by atoms with Crippen molar-refractivity contribution >= 4 is 105 Å². The van der Waals surface area contributed by atoms with Gasteiger partial charge in [0.2, 0.25) is 0 Å². The van der Waals surface area contributed by atoms with E-state index in [1.807, 2.05) is 267 Å². The number of phenolic OH excluding ortho intramolecular Hbond substituents is 1. The quantitative estimate of drug-likeness (QED) is 0.0241. The normalized spacial score (nSPS) is 12.2. The molecule has 0 saturated heterocycles. The van der Waals surface area contributed by atoms with Gasteiger partial charge in [-0.3, -0.25) is 19.2 Å². The number of allylic oxidation sites excluding steroid dienone is 4. The van der Waals surface area contributed by atoms with Crippen LogP contribution in [0.3, 0.4) is 0 Å². The Kier molecular flexibility index (Phi) is 33.5. The molecular formula is C129H92N4O7. The SMILES string of the molecule is C#CC(C#N)=C1C(=O)C2C=C(O)C(O)=CC2C1=O.C#CC(C#N)=c1ccc(=C(c2ccccc2)c2ccccc2)cc1.N#Cc1cccc2ccccc12.Nc1ccccc1.O=C(c1ccccc1)c1ccccc1.O=C1c2ccccc2-c2ccccc21.Oc1ccccc1.c1ccc(-c2ccccc2)cc1.c1ccc2cc3cc4cc5ccccc5cc4cc3cc2c1.c1ccc2ccccc2c1. The van der Waals surface area contributed by atoms with Gasteiger partial charge < -0.3 is 21.1 Å². The van der Waals surface area contributed by atoms with Gasteiger partial charge in [-0.05, 0) is 188 Å². The number of aliphatic hydroxyl groups is 2. The second-order valence-electron chi connectivity index (χ2n) is 32.1. The minimum atomic E-state index is -0.903. The zero-order valence-electron chi connectivity index (χ0n) is 76.1. The van der Waals surface area contributed by atoms with Crippen molar-refractivity contribution in [3.63, 3.8) is 0 Å². The molecule has 0 heterocycles. The summed E-state index contributed by atoms with van der Waals surface area (Å²) in [5.74, 6) is 1.04. The first-order valence-electron chi connectivity index (χ1n) is 45.0. The number of rotatable bonds is 5. The molecule has 1 saturated carbocycles. The number of carbonyl (C=O) groups is 4. The van der Waals surface area contributed by atoms with E-state index in [9.17, 15) is 29.4 Å². The van der Waals surface area contributed by atoms with E-state index in [2.05, 4.69) is 224 Å². The van der Waals surface area contributed by atoms with Gasteiger partial charge in [0.15, 0.2) is 34.7 Å². The van der Waals surface area contributed by atoms with Gasteiger partial charge in [0.25, 0.3) is 0 Å². The molecule has 2 unspecified atom stereocenters. The Bertz CT molecular complexity index is 7730. The van der Waals surface area contributed by atoms with Crippen LogP contribution in [0.1, 0.15) is 48.5 Å². The summed E-state index contributed by atoms with van der Waals surface area (Å²) in [5, 5.41) is 71.0. The van der Waals surface area contributed by atoms with Crippen molar-refractivity contribution in [3.8, 4) is 70.9 Å². The smallest absolute Gasteiger partial charge is 0.194 e. The molecule has 3 aliphatic carbocycles. The van der Waals surface area contributed by atoms with Crippen LogP contribution in [0, 0.1) is 70.5 Å². The summed E-state index contributed by atoms with van der Waals surface area (Å²) in [6.07, 6.45) is 12.6. The van der Waals surface area contributed by atoms with Crippen molar-refractivity contribution in [2.75, 3.05) is 5.73 Å². The molecule has 140 heavy (non-hydrogen) atoms. The fraction of sp³-hybridized carbons (Fsp3) is 0.0155. The summed E-state index contributed by atoms with van der Waals surface area (Å²) in [4.78, 5) is 47.7. The first-order valence-corrected chi connectivity index (χ1v) is 45.0. The maximum absolute atomic E-state index is 12.0. The first kappa shape index (κ1) is 96.4. The third-order valence-electron chi connectivity index (χ3n) is 23.0. The highest BCUT2D eigenvalue weighted by Crippen LogP contribution is 2.39. The van der Waals surface area contributed by atoms with Crippen LogP contribution in [-0.2, 0) is 9.59 Å². The predicted octanol–water partition coefficient (Wildman–Crippen LogP) is 27.6. The monoisotopic (exact) mass is 1810 g/mol. The number of fused-ring (bicyclic) bond motifs is 10. The summed E-state index contributed by atoms with van der Waals surface area (Å²) < 4.78 is 0. The molecule has 11 heteroatoms. The zero-order chi connectivity index (χ0) is 97.7. The topological polar surface area (TPSA) is 226 Å². The highest BCUT2D eigenvalue weighted by molar-refractivity contribution is 6.30. The molecule has 670 valence electrons. The Balaban J connectivity index is 0.000000126. The lowest BCUT2D eigenvalue weighted by Gasteiger charge is -2.14. The Morgan fingerprint density at radius 1 is 0.286 bits per heavy atom. The number of benzene rings is 20. The molecule has 0 aliphatic heterocycles. The van der Waals surface area contributed by atoms with Crippen molar-refractivity contribution in [3.05, 3.63) is 576 Å². The maximum atomic E-state index is 12.0. The van der Waals surface area contributed by atoms with Crippen molar-refractivity contribution in [2.45, 2.75) is 0 Å². The first-order chi connectivity index (χ1) is 68.6. The maximum Gasteiger partial charge on any atom is 0.194 e. The minimum absolute atomic E-state index is 0.0752. The van der Waals surface area contributed by atoms with Crippen molar-refractivity contribution in [2.24, 2.45) is 11.8 Å². The molecule has 1 fully saturated rings. The molecule has 0 amide bonds. The molecule has 2 atom stereocenters. The van der Waals surface area contributed by atoms with Crippen LogP contribution in [0.25, 0.3) is 98.0 Å². The van der Waals surface area contributed by atoms with Gasteiger partial charge in [-0.2, -0.15) is 15.8 Å². The van der Waals surface area contributed by atoms with E-state index in [1.54, 1.807) is 30.3 Å². The van der Waals surface area contributed by atoms with Crippen LogP contribution < -0.4 is 16.2 Å². The third-order valence-corrected chi connectivity index (χ3v) is 23.0. The van der Waals surface area contributed by atoms with E-state index in [0.717, 1.165) is 94.7 Å². The Morgan fingerprint density at radius 3 is 0.914 bits per heavy atom. The van der Waals surface area contributed by atoms with Gasteiger partial charge in [-0.25, -0.2) is 0 Å². The molecule has 0 aromatic heterocycles. The second kappa shape index (κ2) is 48.7. The van der Waals surface area contributed by atoms with Crippen LogP contribution in [-0.4, -0.2) is 38.5 Å². The molecule has 20 aromatic rings. The number of Topliss-reactive ketones (excluding diaryl/α,β-unsaturated/α-hetero) is 2. The average molecular weight is 1810 g/mol. The van der Waals surface area contributed by atoms with Gasteiger partial charge in [-0.15, -0.1) is 12.8 Å². The lowest BCUT2D eigenvalue weighted by atomic mass is 9.89. The molecular weight excluding hydrogens is 1720 g/mol. The molecule has 11 nitrogen and oxygen atoms in total. The Labute approximate surface area is 813 Å². The van der Waals surface area contributed by atoms with Crippen LogP contribution in [0.4, 0.5) is 5.69 Å². The number of nitrogen functional groups attached to an aromatic ring is 1. The van der Waals surface area contributed by atoms with E-state index in [0.29, 0.717) is 11.3 Å². The van der Waals surface area contributed by atoms with Gasteiger partial charge >= 0.3 is 0 Å². The van der Waals surface area contributed by atoms with Crippen molar-refractivity contribution < 1.29 is 34.5 Å². The van der Waals surface area contributed by atoms with Crippen LogP contribution >= 0.6 is 0 Å². The minimum Gasteiger partial charge on any atom is -0.508 e. The summed E-state index contributed by atoms with van der Waals surface area (Å²) in [6, 6.07) is 169. The zero-order valence-corrected chi connectivity index (χ0v) is 76.1. The number of nitrogens with zero attached hydrogens (tertiary/aromatic N) is 3. The second-order valence-corrected chi connectivity index (χ2v) is 32.1. The number of terminal acetylenes is 2. The number of ketones is 4. The predicted molar refractivity (Wildman–Crippen MR) is 569 cm³/mol. The number of carbonyl (C=O) groups excluding carboxylic acids is 4. The fourth-order valence-electron chi connectivity index (χ4n) is 16.1. The number of para-hydroxylation sites is 2. The molecule has 5 N–H and O–H groups in total. The molecule has 0 radical (unpaired) electrons.